The predicted molar refractivity (Wildman–Crippen MR) is 36.8 cm³/mol. The van der Waals surface area contributed by atoms with Gasteiger partial charge >= 0.3 is 0 Å². The monoisotopic (exact) mass is 158 g/mol. The van der Waals surface area contributed by atoms with Gasteiger partial charge in [-0.2, -0.15) is 0 Å². The standard InChI is InChI=1S/C7H7ClO2/c8-7(9)5-3-4-1-2-6(5)10-4/h1-2,4-6H,3H2/t4-,5-,6+/m1/s1. The van der Waals surface area contributed by atoms with Crippen molar-refractivity contribution in [2.75, 3.05) is 0 Å². The molecule has 0 aromatic carbocycles. The third-order valence-electron chi connectivity index (χ3n) is 2.02. The zero-order valence-electron chi connectivity index (χ0n) is 5.29. The van der Waals surface area contributed by atoms with E-state index < -0.39 is 0 Å². The van der Waals surface area contributed by atoms with Gasteiger partial charge in [-0.05, 0) is 18.0 Å². The van der Waals surface area contributed by atoms with Crippen LogP contribution in [-0.4, -0.2) is 17.5 Å². The molecule has 2 aliphatic heterocycles. The first-order valence-corrected chi connectivity index (χ1v) is 3.68. The van der Waals surface area contributed by atoms with E-state index in [1.165, 1.54) is 0 Å². The average Bonchev–Trinajstić information content (AvgIpc) is 2.44. The van der Waals surface area contributed by atoms with Crippen LogP contribution in [0.25, 0.3) is 0 Å². The minimum Gasteiger partial charge on any atom is -0.366 e. The first-order valence-electron chi connectivity index (χ1n) is 3.30. The van der Waals surface area contributed by atoms with Gasteiger partial charge in [0.2, 0.25) is 5.24 Å². The van der Waals surface area contributed by atoms with Gasteiger partial charge in [-0.3, -0.25) is 4.79 Å². The maximum atomic E-state index is 10.7. The Labute approximate surface area is 63.8 Å². The summed E-state index contributed by atoms with van der Waals surface area (Å²) in [5.74, 6) is -0.0864. The Hall–Kier alpha value is -0.340. The molecule has 1 saturated heterocycles. The number of rotatable bonds is 1. The summed E-state index contributed by atoms with van der Waals surface area (Å²) in [6.07, 6.45) is 4.79. The minimum atomic E-state index is -0.267. The minimum absolute atomic E-state index is 0.0324. The van der Waals surface area contributed by atoms with E-state index in [0.717, 1.165) is 6.42 Å². The molecule has 0 unspecified atom stereocenters. The van der Waals surface area contributed by atoms with E-state index in [0.29, 0.717) is 0 Å². The van der Waals surface area contributed by atoms with Gasteiger partial charge in [0.1, 0.15) is 0 Å². The maximum Gasteiger partial charge on any atom is 0.227 e. The van der Waals surface area contributed by atoms with Crippen LogP contribution in [0.15, 0.2) is 12.2 Å². The van der Waals surface area contributed by atoms with E-state index in [1.807, 2.05) is 12.2 Å². The molecular formula is C7H7ClO2. The summed E-state index contributed by atoms with van der Waals surface area (Å²) in [7, 11) is 0. The lowest BCUT2D eigenvalue weighted by Crippen LogP contribution is -2.18. The lowest BCUT2D eigenvalue weighted by molar-refractivity contribution is -0.115. The summed E-state index contributed by atoms with van der Waals surface area (Å²) in [5.41, 5.74) is 0. The molecule has 2 rings (SSSR count). The molecule has 10 heavy (non-hydrogen) atoms. The fourth-order valence-electron chi connectivity index (χ4n) is 1.50. The number of carbonyl (C=O) groups excluding carboxylic acids is 1. The largest absolute Gasteiger partial charge is 0.366 e. The Morgan fingerprint density at radius 3 is 2.70 bits per heavy atom. The quantitative estimate of drug-likeness (QED) is 0.422. The number of hydrogen-bond acceptors (Lipinski definition) is 2. The van der Waals surface area contributed by atoms with Crippen molar-refractivity contribution in [3.8, 4) is 0 Å². The van der Waals surface area contributed by atoms with E-state index >= 15 is 0 Å². The first-order chi connectivity index (χ1) is 4.77. The summed E-state index contributed by atoms with van der Waals surface area (Å²) in [4.78, 5) is 10.7. The van der Waals surface area contributed by atoms with Gasteiger partial charge in [-0.1, -0.05) is 12.2 Å². The van der Waals surface area contributed by atoms with Gasteiger partial charge in [-0.25, -0.2) is 0 Å². The van der Waals surface area contributed by atoms with Crippen LogP contribution in [0, 0.1) is 5.92 Å². The molecule has 54 valence electrons. The molecule has 0 radical (unpaired) electrons. The van der Waals surface area contributed by atoms with Gasteiger partial charge < -0.3 is 4.74 Å². The van der Waals surface area contributed by atoms with Crippen LogP contribution in [0.4, 0.5) is 0 Å². The molecule has 0 aliphatic carbocycles. The fraction of sp³-hybridized carbons (Fsp3) is 0.571. The van der Waals surface area contributed by atoms with Crippen molar-refractivity contribution in [1.82, 2.24) is 0 Å². The molecule has 0 amide bonds. The van der Waals surface area contributed by atoms with E-state index in [9.17, 15) is 4.79 Å². The normalized spacial score (nSPS) is 42.7. The van der Waals surface area contributed by atoms with Gasteiger partial charge in [0.25, 0.3) is 0 Å². The van der Waals surface area contributed by atoms with Crippen molar-refractivity contribution in [3.63, 3.8) is 0 Å². The van der Waals surface area contributed by atoms with E-state index in [-0.39, 0.29) is 23.4 Å². The average molecular weight is 159 g/mol. The smallest absolute Gasteiger partial charge is 0.227 e. The second kappa shape index (κ2) is 2.07. The van der Waals surface area contributed by atoms with Crippen molar-refractivity contribution in [1.29, 1.82) is 0 Å². The molecule has 0 aromatic rings. The second-order valence-electron chi connectivity index (χ2n) is 2.67. The Kier molecular flexibility index (Phi) is 1.32. The Morgan fingerprint density at radius 2 is 2.40 bits per heavy atom. The van der Waals surface area contributed by atoms with Crippen LogP contribution >= 0.6 is 11.6 Å². The van der Waals surface area contributed by atoms with Gasteiger partial charge in [0.05, 0.1) is 18.1 Å². The first kappa shape index (κ1) is 6.38. The third-order valence-corrected chi connectivity index (χ3v) is 2.30. The van der Waals surface area contributed by atoms with Crippen LogP contribution < -0.4 is 0 Å². The highest BCUT2D eigenvalue weighted by atomic mass is 35.5. The second-order valence-corrected chi connectivity index (χ2v) is 3.04. The maximum absolute atomic E-state index is 10.7. The molecule has 0 aromatic heterocycles. The Balaban J connectivity index is 2.16. The van der Waals surface area contributed by atoms with Crippen LogP contribution in [0.3, 0.4) is 0 Å². The lowest BCUT2D eigenvalue weighted by atomic mass is 9.96. The summed E-state index contributed by atoms with van der Waals surface area (Å²) < 4.78 is 5.33. The molecule has 2 aliphatic rings. The lowest BCUT2D eigenvalue weighted by Gasteiger charge is -2.08. The Morgan fingerprint density at radius 1 is 1.60 bits per heavy atom. The molecule has 3 heteroatoms. The molecule has 0 N–H and O–H groups in total. The van der Waals surface area contributed by atoms with E-state index in [4.69, 9.17) is 16.3 Å². The molecular weight excluding hydrogens is 152 g/mol. The highest BCUT2D eigenvalue weighted by Gasteiger charge is 2.40. The summed E-state index contributed by atoms with van der Waals surface area (Å²) in [6, 6.07) is 0. The van der Waals surface area contributed by atoms with Crippen molar-refractivity contribution in [2.45, 2.75) is 18.6 Å². The number of hydrogen-bond donors (Lipinski definition) is 0. The number of carbonyl (C=O) groups is 1. The van der Waals surface area contributed by atoms with Crippen molar-refractivity contribution >= 4 is 16.8 Å². The summed E-state index contributed by atoms with van der Waals surface area (Å²) >= 11 is 5.33. The summed E-state index contributed by atoms with van der Waals surface area (Å²) in [6.45, 7) is 0. The fourth-order valence-corrected chi connectivity index (χ4v) is 1.71. The highest BCUT2D eigenvalue weighted by molar-refractivity contribution is 6.64. The van der Waals surface area contributed by atoms with Crippen LogP contribution in [-0.2, 0) is 9.53 Å². The Bertz CT molecular complexity index is 200. The zero-order chi connectivity index (χ0) is 7.14. The number of ether oxygens (including phenoxy) is 1. The topological polar surface area (TPSA) is 26.3 Å². The van der Waals surface area contributed by atoms with Gasteiger partial charge in [0, 0.05) is 0 Å². The molecule has 2 nitrogen and oxygen atoms in total. The molecule has 0 spiro atoms. The van der Waals surface area contributed by atoms with Crippen LogP contribution in [0.1, 0.15) is 6.42 Å². The van der Waals surface area contributed by atoms with Gasteiger partial charge in [0.15, 0.2) is 0 Å². The predicted octanol–water partition coefficient (Wildman–Crippen LogP) is 1.10. The van der Waals surface area contributed by atoms with E-state index in [2.05, 4.69) is 0 Å². The van der Waals surface area contributed by atoms with Crippen LogP contribution in [0.2, 0.25) is 0 Å². The van der Waals surface area contributed by atoms with Gasteiger partial charge in [-0.15, -0.1) is 0 Å². The molecule has 2 heterocycles. The third kappa shape index (κ3) is 0.796. The van der Waals surface area contributed by atoms with Crippen LogP contribution in [0.5, 0.6) is 0 Å². The molecule has 2 bridgehead atoms. The van der Waals surface area contributed by atoms with Crippen molar-refractivity contribution in [2.24, 2.45) is 5.92 Å². The summed E-state index contributed by atoms with van der Waals surface area (Å²) in [5, 5.41) is -0.267. The zero-order valence-corrected chi connectivity index (χ0v) is 6.04. The van der Waals surface area contributed by atoms with E-state index in [1.54, 1.807) is 0 Å². The van der Waals surface area contributed by atoms with Crippen molar-refractivity contribution in [3.05, 3.63) is 12.2 Å². The van der Waals surface area contributed by atoms with Crippen molar-refractivity contribution < 1.29 is 9.53 Å². The molecule has 3 atom stereocenters. The SMILES string of the molecule is O=C(Cl)[C@@H]1C[C@H]2C=C[C@@H]1O2. The number of halogens is 1. The molecule has 1 fully saturated rings. The molecule has 0 saturated carbocycles. The highest BCUT2D eigenvalue weighted by Crippen LogP contribution is 2.34. The number of fused-ring (bicyclic) bond motifs is 2.